The lowest BCUT2D eigenvalue weighted by Gasteiger charge is -2.34. The molecule has 0 aromatic heterocycles. The molecule has 2 heterocycles. The number of piperidine rings is 1. The fraction of sp³-hybridized carbons (Fsp3) is 0.286. The van der Waals surface area contributed by atoms with Gasteiger partial charge in [0.05, 0.1) is 17.0 Å². The van der Waals surface area contributed by atoms with Gasteiger partial charge in [-0.2, -0.15) is 0 Å². The topological polar surface area (TPSA) is 57.7 Å². The number of hydrogen-bond acceptors (Lipinski definition) is 4. The van der Waals surface area contributed by atoms with Crippen molar-refractivity contribution in [2.24, 2.45) is 0 Å². The molecular formula is C21H19ClN2O3S. The van der Waals surface area contributed by atoms with Crippen molar-refractivity contribution in [3.8, 4) is 0 Å². The minimum atomic E-state index is -0.571. The molecule has 2 aliphatic heterocycles. The second-order valence-corrected chi connectivity index (χ2v) is 8.32. The van der Waals surface area contributed by atoms with Crippen molar-refractivity contribution < 1.29 is 14.4 Å². The summed E-state index contributed by atoms with van der Waals surface area (Å²) in [6.07, 6.45) is 2.34. The number of amides is 3. The molecule has 0 N–H and O–H groups in total. The quantitative estimate of drug-likeness (QED) is 0.712. The second kappa shape index (κ2) is 7.97. The first-order valence-corrected chi connectivity index (χ1v) is 10.6. The fourth-order valence-electron chi connectivity index (χ4n) is 3.70. The number of hydrogen-bond donors (Lipinski definition) is 0. The zero-order valence-corrected chi connectivity index (χ0v) is 16.7. The van der Waals surface area contributed by atoms with Crippen molar-refractivity contribution in [3.05, 3.63) is 59.1 Å². The normalized spacial score (nSPS) is 19.1. The number of benzene rings is 2. The third-order valence-corrected chi connectivity index (χ3v) is 6.32. The summed E-state index contributed by atoms with van der Waals surface area (Å²) in [5.41, 5.74) is 0.790. The third kappa shape index (κ3) is 3.54. The van der Waals surface area contributed by atoms with Crippen LogP contribution in [-0.4, -0.2) is 41.0 Å². The Kier molecular flexibility index (Phi) is 5.42. The van der Waals surface area contributed by atoms with Gasteiger partial charge in [-0.25, -0.2) is 4.90 Å². The molecule has 4 rings (SSSR count). The maximum Gasteiger partial charge on any atom is 0.256 e. The number of nitrogens with zero attached hydrogens (tertiary/aromatic N) is 2. The van der Waals surface area contributed by atoms with E-state index in [2.05, 4.69) is 0 Å². The molecule has 5 nitrogen and oxygen atoms in total. The molecule has 0 bridgehead atoms. The van der Waals surface area contributed by atoms with Crippen LogP contribution in [0.25, 0.3) is 0 Å². The van der Waals surface area contributed by atoms with E-state index in [1.54, 1.807) is 41.3 Å². The summed E-state index contributed by atoms with van der Waals surface area (Å²) in [5.74, 6) is -0.700. The van der Waals surface area contributed by atoms with E-state index in [0.717, 1.165) is 17.7 Å². The highest BCUT2D eigenvalue weighted by atomic mass is 35.5. The van der Waals surface area contributed by atoms with Crippen molar-refractivity contribution in [2.75, 3.05) is 17.2 Å². The Morgan fingerprint density at radius 2 is 1.82 bits per heavy atom. The van der Waals surface area contributed by atoms with Crippen LogP contribution in [0, 0.1) is 0 Å². The van der Waals surface area contributed by atoms with E-state index in [1.807, 2.05) is 12.1 Å². The molecule has 1 fully saturated rings. The number of imide groups is 1. The van der Waals surface area contributed by atoms with Crippen molar-refractivity contribution in [1.82, 2.24) is 4.90 Å². The maximum atomic E-state index is 13.3. The Bertz CT molecular complexity index is 932. The molecule has 2 aromatic carbocycles. The van der Waals surface area contributed by atoms with Crippen LogP contribution in [0.15, 0.2) is 53.4 Å². The molecule has 144 valence electrons. The Morgan fingerprint density at radius 1 is 1.07 bits per heavy atom. The van der Waals surface area contributed by atoms with Gasteiger partial charge in [-0.05, 0) is 55.7 Å². The van der Waals surface area contributed by atoms with E-state index >= 15 is 0 Å². The Hall–Kier alpha value is -2.31. The highest BCUT2D eigenvalue weighted by Gasteiger charge is 2.42. The van der Waals surface area contributed by atoms with Crippen LogP contribution in [0.5, 0.6) is 0 Å². The lowest BCUT2D eigenvalue weighted by Crippen LogP contribution is -2.52. The minimum absolute atomic E-state index is 0.0998. The Labute approximate surface area is 172 Å². The predicted molar refractivity (Wildman–Crippen MR) is 110 cm³/mol. The number of carbonyl (C=O) groups is 3. The number of thioether (sulfide) groups is 1. The first-order valence-electron chi connectivity index (χ1n) is 9.21. The monoisotopic (exact) mass is 414 g/mol. The summed E-state index contributed by atoms with van der Waals surface area (Å²) in [5, 5.41) is 0.628. The lowest BCUT2D eigenvalue weighted by molar-refractivity contribution is -0.128. The molecule has 28 heavy (non-hydrogen) atoms. The van der Waals surface area contributed by atoms with Gasteiger partial charge in [0, 0.05) is 16.5 Å². The molecule has 0 saturated carbocycles. The number of para-hydroxylation sites is 1. The predicted octanol–water partition coefficient (Wildman–Crippen LogP) is 4.00. The number of rotatable bonds is 3. The molecule has 7 heteroatoms. The fourth-order valence-corrected chi connectivity index (χ4v) is 4.57. The van der Waals surface area contributed by atoms with Gasteiger partial charge < -0.3 is 4.90 Å². The smallest absolute Gasteiger partial charge is 0.256 e. The summed E-state index contributed by atoms with van der Waals surface area (Å²) >= 11 is 7.25. The largest absolute Gasteiger partial charge is 0.327 e. The van der Waals surface area contributed by atoms with Gasteiger partial charge in [0.1, 0.15) is 6.04 Å². The number of fused-ring (bicyclic) bond motifs is 2. The molecule has 2 aliphatic rings. The van der Waals surface area contributed by atoms with Gasteiger partial charge in [-0.3, -0.25) is 14.4 Å². The number of halogens is 1. The van der Waals surface area contributed by atoms with E-state index < -0.39 is 6.04 Å². The van der Waals surface area contributed by atoms with Crippen molar-refractivity contribution in [1.29, 1.82) is 0 Å². The van der Waals surface area contributed by atoms with Crippen molar-refractivity contribution in [3.63, 3.8) is 0 Å². The summed E-state index contributed by atoms with van der Waals surface area (Å²) in [4.78, 5) is 43.1. The van der Waals surface area contributed by atoms with Gasteiger partial charge in [-0.15, -0.1) is 11.8 Å². The summed E-state index contributed by atoms with van der Waals surface area (Å²) in [6.45, 7) is 0.547. The van der Waals surface area contributed by atoms with E-state index in [0.29, 0.717) is 29.2 Å². The molecule has 1 atom stereocenters. The van der Waals surface area contributed by atoms with Crippen LogP contribution in [0.3, 0.4) is 0 Å². The van der Waals surface area contributed by atoms with Crippen molar-refractivity contribution in [2.45, 2.75) is 30.2 Å². The highest BCUT2D eigenvalue weighted by Crippen LogP contribution is 2.32. The zero-order chi connectivity index (χ0) is 19.7. The SMILES string of the molecule is O=C(CSc1ccc(Cl)cc1)N1C(=O)[C@H]2CCCCN2C(=O)c2ccccc21. The number of carbonyl (C=O) groups excluding carboxylic acids is 3. The van der Waals surface area contributed by atoms with E-state index in [1.165, 1.54) is 16.7 Å². The van der Waals surface area contributed by atoms with Crippen LogP contribution < -0.4 is 4.90 Å². The molecule has 1 saturated heterocycles. The molecule has 0 unspecified atom stereocenters. The van der Waals surface area contributed by atoms with Crippen LogP contribution in [0.1, 0.15) is 29.6 Å². The van der Waals surface area contributed by atoms with Crippen LogP contribution in [0.4, 0.5) is 5.69 Å². The van der Waals surface area contributed by atoms with Gasteiger partial charge in [0.25, 0.3) is 11.8 Å². The Morgan fingerprint density at radius 3 is 2.61 bits per heavy atom. The Balaban J connectivity index is 1.64. The molecule has 0 spiro atoms. The van der Waals surface area contributed by atoms with Gasteiger partial charge in [0.2, 0.25) is 5.91 Å². The second-order valence-electron chi connectivity index (χ2n) is 6.84. The maximum absolute atomic E-state index is 13.3. The van der Waals surface area contributed by atoms with Crippen molar-refractivity contribution >= 4 is 46.8 Å². The van der Waals surface area contributed by atoms with Gasteiger partial charge >= 0.3 is 0 Å². The molecular weight excluding hydrogens is 396 g/mol. The number of anilines is 1. The van der Waals surface area contributed by atoms with Crippen LogP contribution in [-0.2, 0) is 9.59 Å². The van der Waals surface area contributed by atoms with Crippen LogP contribution >= 0.6 is 23.4 Å². The lowest BCUT2D eigenvalue weighted by atomic mass is 10.0. The van der Waals surface area contributed by atoms with Crippen LogP contribution in [0.2, 0.25) is 5.02 Å². The molecule has 3 amide bonds. The summed E-state index contributed by atoms with van der Waals surface area (Å²) in [7, 11) is 0. The summed E-state index contributed by atoms with van der Waals surface area (Å²) < 4.78 is 0. The summed E-state index contributed by atoms with van der Waals surface area (Å²) in [6, 6.07) is 13.5. The van der Waals surface area contributed by atoms with E-state index in [-0.39, 0.29) is 23.5 Å². The minimum Gasteiger partial charge on any atom is -0.327 e. The molecule has 2 aromatic rings. The van der Waals surface area contributed by atoms with E-state index in [4.69, 9.17) is 11.6 Å². The standard InChI is InChI=1S/C21H19ClN2O3S/c22-14-8-10-15(11-9-14)28-13-19(25)24-17-6-2-1-5-16(17)20(26)23-12-4-3-7-18(23)21(24)27/h1-2,5-6,8-11,18H,3-4,7,12-13H2/t18-/m1/s1. The van der Waals surface area contributed by atoms with Gasteiger partial charge in [0.15, 0.2) is 0 Å². The highest BCUT2D eigenvalue weighted by molar-refractivity contribution is 8.00. The first-order chi connectivity index (χ1) is 13.6. The zero-order valence-electron chi connectivity index (χ0n) is 15.1. The first kappa shape index (κ1) is 19.0. The average Bonchev–Trinajstić information content (AvgIpc) is 2.81. The third-order valence-electron chi connectivity index (χ3n) is 5.07. The average molecular weight is 415 g/mol. The molecule has 0 radical (unpaired) electrons. The molecule has 0 aliphatic carbocycles. The van der Waals surface area contributed by atoms with E-state index in [9.17, 15) is 14.4 Å². The van der Waals surface area contributed by atoms with Gasteiger partial charge in [-0.1, -0.05) is 23.7 Å².